The van der Waals surface area contributed by atoms with Gasteiger partial charge in [0, 0.05) is 24.0 Å². The van der Waals surface area contributed by atoms with E-state index in [4.69, 9.17) is 0 Å². The molecule has 0 unspecified atom stereocenters. The molecule has 0 radical (unpaired) electrons. The monoisotopic (exact) mass is 322 g/mol. The quantitative estimate of drug-likeness (QED) is 0.672. The zero-order valence-corrected chi connectivity index (χ0v) is 14.7. The third-order valence-corrected chi connectivity index (χ3v) is 4.51. The first kappa shape index (κ1) is 16.4. The Morgan fingerprint density at radius 3 is 2.50 bits per heavy atom. The van der Waals surface area contributed by atoms with Gasteiger partial charge in [-0.1, -0.05) is 12.1 Å². The summed E-state index contributed by atoms with van der Waals surface area (Å²) in [7, 11) is 0. The average Bonchev–Trinajstić information content (AvgIpc) is 2.54. The van der Waals surface area contributed by atoms with Crippen LogP contribution in [0.4, 0.5) is 15.8 Å². The minimum absolute atomic E-state index is 0.0234. The summed E-state index contributed by atoms with van der Waals surface area (Å²) in [5.74, 6) is -0.245. The molecule has 0 aliphatic carbocycles. The number of hydrogen-bond acceptors (Lipinski definition) is 2. The van der Waals surface area contributed by atoms with Crippen LogP contribution in [0.25, 0.3) is 5.57 Å². The molecule has 0 spiro atoms. The summed E-state index contributed by atoms with van der Waals surface area (Å²) in [4.78, 5) is 6.85. The summed E-state index contributed by atoms with van der Waals surface area (Å²) in [6.07, 6.45) is 4.15. The largest absolute Gasteiger partial charge is 0.363 e. The molecule has 2 aromatic carbocycles. The molecule has 1 aliphatic heterocycles. The van der Waals surface area contributed by atoms with Crippen LogP contribution in [0, 0.1) is 5.82 Å². The van der Waals surface area contributed by atoms with Crippen LogP contribution in [-0.4, -0.2) is 18.3 Å². The predicted octanol–water partition coefficient (Wildman–Crippen LogP) is 5.60. The van der Waals surface area contributed by atoms with Gasteiger partial charge >= 0.3 is 0 Å². The molecule has 3 rings (SSSR count). The SMILES string of the molecule is CCN1c2ccc(C=Nc3ccc(F)cc3)cc2C(C)=CC1(C)C. The number of anilines is 1. The Morgan fingerprint density at radius 1 is 1.12 bits per heavy atom. The van der Waals surface area contributed by atoms with Gasteiger partial charge in [0.05, 0.1) is 11.2 Å². The topological polar surface area (TPSA) is 15.6 Å². The molecule has 0 aromatic heterocycles. The van der Waals surface area contributed by atoms with Crippen LogP contribution >= 0.6 is 0 Å². The molecular weight excluding hydrogens is 299 g/mol. The normalized spacial score (nSPS) is 16.2. The third kappa shape index (κ3) is 3.12. The maximum atomic E-state index is 13.0. The summed E-state index contributed by atoms with van der Waals surface area (Å²) < 4.78 is 13.0. The highest BCUT2D eigenvalue weighted by Gasteiger charge is 2.29. The molecule has 3 heteroatoms. The van der Waals surface area contributed by atoms with Gasteiger partial charge in [-0.25, -0.2) is 4.39 Å². The van der Waals surface area contributed by atoms with Gasteiger partial charge in [-0.15, -0.1) is 0 Å². The fourth-order valence-electron chi connectivity index (χ4n) is 3.44. The van der Waals surface area contributed by atoms with Crippen molar-refractivity contribution in [1.29, 1.82) is 0 Å². The van der Waals surface area contributed by atoms with Crippen molar-refractivity contribution in [1.82, 2.24) is 0 Å². The van der Waals surface area contributed by atoms with Gasteiger partial charge in [0.1, 0.15) is 5.82 Å². The van der Waals surface area contributed by atoms with E-state index < -0.39 is 0 Å². The number of fused-ring (bicyclic) bond motifs is 1. The van der Waals surface area contributed by atoms with E-state index in [9.17, 15) is 4.39 Å². The van der Waals surface area contributed by atoms with Crippen molar-refractivity contribution in [3.05, 3.63) is 65.5 Å². The van der Waals surface area contributed by atoms with Crippen molar-refractivity contribution in [2.24, 2.45) is 4.99 Å². The highest BCUT2D eigenvalue weighted by molar-refractivity contribution is 5.88. The maximum Gasteiger partial charge on any atom is 0.123 e. The lowest BCUT2D eigenvalue weighted by atomic mass is 9.88. The first-order valence-corrected chi connectivity index (χ1v) is 8.32. The Kier molecular flexibility index (Phi) is 4.27. The molecular formula is C21H23FN2. The van der Waals surface area contributed by atoms with Gasteiger partial charge in [0.2, 0.25) is 0 Å². The molecule has 1 heterocycles. The number of rotatable bonds is 3. The zero-order chi connectivity index (χ0) is 17.3. The summed E-state index contributed by atoms with van der Waals surface area (Å²) in [6.45, 7) is 9.80. The second-order valence-corrected chi connectivity index (χ2v) is 6.74. The lowest BCUT2D eigenvalue weighted by Crippen LogP contribution is -2.44. The smallest absolute Gasteiger partial charge is 0.123 e. The summed E-state index contributed by atoms with van der Waals surface area (Å²) in [5, 5.41) is 0. The summed E-state index contributed by atoms with van der Waals surface area (Å²) in [5.41, 5.74) is 5.62. The number of benzene rings is 2. The number of likely N-dealkylation sites (N-methyl/N-ethyl adjacent to an activating group) is 1. The van der Waals surface area contributed by atoms with Crippen molar-refractivity contribution in [2.75, 3.05) is 11.4 Å². The van der Waals surface area contributed by atoms with E-state index in [-0.39, 0.29) is 11.4 Å². The van der Waals surface area contributed by atoms with Gasteiger partial charge in [0.15, 0.2) is 0 Å². The van der Waals surface area contributed by atoms with Crippen molar-refractivity contribution in [2.45, 2.75) is 33.2 Å². The lowest BCUT2D eigenvalue weighted by molar-refractivity contribution is 0.566. The van der Waals surface area contributed by atoms with E-state index in [1.54, 1.807) is 12.1 Å². The van der Waals surface area contributed by atoms with Gasteiger partial charge in [0.25, 0.3) is 0 Å². The number of nitrogens with zero attached hydrogens (tertiary/aromatic N) is 2. The third-order valence-electron chi connectivity index (χ3n) is 4.51. The van der Waals surface area contributed by atoms with Crippen LogP contribution in [0.15, 0.2) is 53.5 Å². The van der Waals surface area contributed by atoms with Crippen LogP contribution in [0.5, 0.6) is 0 Å². The molecule has 0 bridgehead atoms. The van der Waals surface area contributed by atoms with E-state index in [1.165, 1.54) is 29.0 Å². The maximum absolute atomic E-state index is 13.0. The molecule has 0 N–H and O–H groups in total. The second kappa shape index (κ2) is 6.23. The molecule has 0 atom stereocenters. The first-order chi connectivity index (χ1) is 11.4. The Bertz CT molecular complexity index is 801. The molecule has 0 fully saturated rings. The first-order valence-electron chi connectivity index (χ1n) is 8.32. The van der Waals surface area contributed by atoms with Gasteiger partial charge in [-0.05, 0) is 75.2 Å². The van der Waals surface area contributed by atoms with Gasteiger partial charge in [-0.2, -0.15) is 0 Å². The minimum Gasteiger partial charge on any atom is -0.363 e. The van der Waals surface area contributed by atoms with Crippen LogP contribution in [0.3, 0.4) is 0 Å². The van der Waals surface area contributed by atoms with Crippen molar-refractivity contribution >= 4 is 23.2 Å². The number of aliphatic imine (C=N–C) groups is 1. The highest BCUT2D eigenvalue weighted by atomic mass is 19.1. The molecule has 124 valence electrons. The Balaban J connectivity index is 1.94. The van der Waals surface area contributed by atoms with Crippen molar-refractivity contribution < 1.29 is 4.39 Å². The Morgan fingerprint density at radius 2 is 1.83 bits per heavy atom. The van der Waals surface area contributed by atoms with Gasteiger partial charge < -0.3 is 4.90 Å². The Hall–Kier alpha value is -2.42. The summed E-state index contributed by atoms with van der Waals surface area (Å²) >= 11 is 0. The van der Waals surface area contributed by atoms with Crippen LogP contribution in [0.1, 0.15) is 38.8 Å². The zero-order valence-electron chi connectivity index (χ0n) is 14.7. The fourth-order valence-corrected chi connectivity index (χ4v) is 3.44. The number of hydrogen-bond donors (Lipinski definition) is 0. The minimum atomic E-state index is -0.245. The van der Waals surface area contributed by atoms with E-state index in [0.29, 0.717) is 0 Å². The molecule has 0 amide bonds. The fraction of sp³-hybridized carbons (Fsp3) is 0.286. The predicted molar refractivity (Wildman–Crippen MR) is 101 cm³/mol. The molecule has 2 nitrogen and oxygen atoms in total. The van der Waals surface area contributed by atoms with Gasteiger partial charge in [-0.3, -0.25) is 4.99 Å². The molecule has 24 heavy (non-hydrogen) atoms. The van der Waals surface area contributed by atoms with Crippen LogP contribution in [-0.2, 0) is 0 Å². The van der Waals surface area contributed by atoms with E-state index in [1.807, 2.05) is 6.21 Å². The number of allylic oxidation sites excluding steroid dienone is 1. The highest BCUT2D eigenvalue weighted by Crippen LogP contribution is 2.38. The number of halogens is 1. The standard InChI is InChI=1S/C21H23FN2/c1-5-24-20-11-6-16(12-19(20)15(2)13-21(24,3)4)14-23-18-9-7-17(22)8-10-18/h6-14H,5H2,1-4H3. The second-order valence-electron chi connectivity index (χ2n) is 6.74. The molecule has 0 saturated heterocycles. The van der Waals surface area contributed by atoms with Crippen molar-refractivity contribution in [3.8, 4) is 0 Å². The van der Waals surface area contributed by atoms with E-state index in [2.05, 4.69) is 61.9 Å². The van der Waals surface area contributed by atoms with Crippen LogP contribution in [0.2, 0.25) is 0 Å². The Labute approximate surface area is 143 Å². The van der Waals surface area contributed by atoms with Crippen molar-refractivity contribution in [3.63, 3.8) is 0 Å². The van der Waals surface area contributed by atoms with E-state index in [0.717, 1.165) is 17.8 Å². The molecule has 2 aromatic rings. The molecule has 0 saturated carbocycles. The molecule has 1 aliphatic rings. The van der Waals surface area contributed by atoms with E-state index >= 15 is 0 Å². The summed E-state index contributed by atoms with van der Waals surface area (Å²) in [6, 6.07) is 12.6. The average molecular weight is 322 g/mol. The van der Waals surface area contributed by atoms with Crippen LogP contribution < -0.4 is 4.90 Å². The lowest BCUT2D eigenvalue weighted by Gasteiger charge is -2.42.